The zero-order chi connectivity index (χ0) is 14.5. The van der Waals surface area contributed by atoms with E-state index in [1.165, 1.54) is 24.3 Å². The van der Waals surface area contributed by atoms with Crippen LogP contribution < -0.4 is 0 Å². The quantitative estimate of drug-likeness (QED) is 0.814. The number of carboxylic acid groups (broad SMARTS) is 1. The largest absolute Gasteiger partial charge is 0.478 e. The average Bonchev–Trinajstić information content (AvgIpc) is 2.34. The Balaban J connectivity index is 2.77. The second kappa shape index (κ2) is 6.52. The van der Waals surface area contributed by atoms with Crippen LogP contribution in [0.2, 0.25) is 0 Å². The molecule has 0 fully saturated rings. The van der Waals surface area contributed by atoms with Crippen molar-refractivity contribution in [1.82, 2.24) is 0 Å². The molecule has 1 rings (SSSR count). The van der Waals surface area contributed by atoms with Crippen molar-refractivity contribution in [3.63, 3.8) is 0 Å². The van der Waals surface area contributed by atoms with Gasteiger partial charge in [0.05, 0.1) is 16.2 Å². The van der Waals surface area contributed by atoms with Gasteiger partial charge in [0, 0.05) is 0 Å². The van der Waals surface area contributed by atoms with Gasteiger partial charge in [0.15, 0.2) is 9.84 Å². The van der Waals surface area contributed by atoms with Crippen molar-refractivity contribution in [2.24, 2.45) is 5.92 Å². The lowest BCUT2D eigenvalue weighted by molar-refractivity contribution is 0.0697. The topological polar surface area (TPSA) is 71.4 Å². The molecule has 104 valence electrons. The highest BCUT2D eigenvalue weighted by Crippen LogP contribution is 2.13. The smallest absolute Gasteiger partial charge is 0.335 e. The van der Waals surface area contributed by atoms with E-state index in [0.717, 1.165) is 6.42 Å². The first kappa shape index (κ1) is 15.4. The summed E-state index contributed by atoms with van der Waals surface area (Å²) in [5, 5.41) is 8.74. The molecular weight excluding hydrogens is 264 g/mol. The SMILES string of the molecule is CC(C)CC=CCS(=O)(=O)c1ccc(C(=O)O)cc1. The molecule has 0 aliphatic carbocycles. The van der Waals surface area contributed by atoms with Crippen molar-refractivity contribution in [2.45, 2.75) is 25.2 Å². The summed E-state index contributed by atoms with van der Waals surface area (Å²) in [4.78, 5) is 10.8. The third-order valence-corrected chi connectivity index (χ3v) is 4.17. The standard InChI is InChI=1S/C14H18O4S/c1-11(2)5-3-4-10-19(17,18)13-8-6-12(7-9-13)14(15)16/h3-4,6-9,11H,5,10H2,1-2H3,(H,15,16). The Hall–Kier alpha value is -1.62. The van der Waals surface area contributed by atoms with Gasteiger partial charge in [-0.3, -0.25) is 0 Å². The molecule has 0 aromatic heterocycles. The molecule has 1 aromatic carbocycles. The highest BCUT2D eigenvalue weighted by Gasteiger charge is 2.13. The third-order valence-electron chi connectivity index (χ3n) is 2.55. The Bertz CT molecular complexity index is 554. The van der Waals surface area contributed by atoms with Crippen molar-refractivity contribution in [1.29, 1.82) is 0 Å². The fourth-order valence-electron chi connectivity index (χ4n) is 1.46. The molecule has 0 aliphatic rings. The van der Waals surface area contributed by atoms with Crippen molar-refractivity contribution in [2.75, 3.05) is 5.75 Å². The van der Waals surface area contributed by atoms with Crippen molar-refractivity contribution in [3.8, 4) is 0 Å². The highest BCUT2D eigenvalue weighted by molar-refractivity contribution is 7.91. The van der Waals surface area contributed by atoms with E-state index < -0.39 is 15.8 Å². The summed E-state index contributed by atoms with van der Waals surface area (Å²) in [6.45, 7) is 4.12. The Morgan fingerprint density at radius 2 is 1.79 bits per heavy atom. The van der Waals surface area contributed by atoms with E-state index in [0.29, 0.717) is 5.92 Å². The molecule has 0 aliphatic heterocycles. The molecule has 4 nitrogen and oxygen atoms in total. The average molecular weight is 282 g/mol. The summed E-state index contributed by atoms with van der Waals surface area (Å²) in [7, 11) is -3.38. The van der Waals surface area contributed by atoms with Crippen LogP contribution in [0.1, 0.15) is 30.6 Å². The Morgan fingerprint density at radius 3 is 2.26 bits per heavy atom. The van der Waals surface area contributed by atoms with Crippen LogP contribution in [-0.4, -0.2) is 25.2 Å². The van der Waals surface area contributed by atoms with Crippen LogP contribution in [0, 0.1) is 5.92 Å². The van der Waals surface area contributed by atoms with Gasteiger partial charge in [-0.15, -0.1) is 0 Å². The molecule has 1 aromatic rings. The van der Waals surface area contributed by atoms with E-state index >= 15 is 0 Å². The van der Waals surface area contributed by atoms with E-state index in [1.807, 2.05) is 6.08 Å². The van der Waals surface area contributed by atoms with Gasteiger partial charge in [-0.2, -0.15) is 0 Å². The maximum atomic E-state index is 12.0. The summed E-state index contributed by atoms with van der Waals surface area (Å²) in [5.74, 6) is -0.638. The van der Waals surface area contributed by atoms with Gasteiger partial charge in [-0.05, 0) is 36.6 Å². The van der Waals surface area contributed by atoms with Gasteiger partial charge < -0.3 is 5.11 Å². The molecule has 0 atom stereocenters. The van der Waals surface area contributed by atoms with E-state index in [4.69, 9.17) is 5.11 Å². The Labute approximate surface area is 113 Å². The summed E-state index contributed by atoms with van der Waals surface area (Å²) in [6, 6.07) is 5.25. The number of carboxylic acids is 1. The molecule has 0 saturated carbocycles. The molecular formula is C14H18O4S. The van der Waals surface area contributed by atoms with Crippen LogP contribution in [0.25, 0.3) is 0 Å². The predicted molar refractivity (Wildman–Crippen MR) is 74.0 cm³/mol. The molecule has 1 N–H and O–H groups in total. The summed E-state index contributed by atoms with van der Waals surface area (Å²) in [6.07, 6.45) is 4.34. The molecule has 0 bridgehead atoms. The zero-order valence-corrected chi connectivity index (χ0v) is 11.9. The lowest BCUT2D eigenvalue weighted by Crippen LogP contribution is -2.05. The molecule has 0 saturated heterocycles. The second-order valence-corrected chi connectivity index (χ2v) is 6.75. The van der Waals surface area contributed by atoms with Crippen molar-refractivity contribution in [3.05, 3.63) is 42.0 Å². The lowest BCUT2D eigenvalue weighted by atomic mass is 10.1. The minimum atomic E-state index is -3.38. The van der Waals surface area contributed by atoms with E-state index in [2.05, 4.69) is 13.8 Å². The maximum absolute atomic E-state index is 12.0. The zero-order valence-electron chi connectivity index (χ0n) is 11.0. The van der Waals surface area contributed by atoms with Gasteiger partial charge in [0.25, 0.3) is 0 Å². The number of carbonyl (C=O) groups is 1. The number of benzene rings is 1. The fourth-order valence-corrected chi connectivity index (χ4v) is 2.60. The number of aromatic carboxylic acids is 1. The minimum Gasteiger partial charge on any atom is -0.478 e. The number of hydrogen-bond donors (Lipinski definition) is 1. The second-order valence-electron chi connectivity index (χ2n) is 4.71. The highest BCUT2D eigenvalue weighted by atomic mass is 32.2. The number of sulfone groups is 1. The number of allylic oxidation sites excluding steroid dienone is 1. The number of hydrogen-bond acceptors (Lipinski definition) is 3. The normalized spacial score (nSPS) is 12.2. The van der Waals surface area contributed by atoms with Gasteiger partial charge in [-0.25, -0.2) is 13.2 Å². The van der Waals surface area contributed by atoms with E-state index in [9.17, 15) is 13.2 Å². The van der Waals surface area contributed by atoms with Gasteiger partial charge in [0.2, 0.25) is 0 Å². The van der Waals surface area contributed by atoms with Crippen LogP contribution in [-0.2, 0) is 9.84 Å². The molecule has 0 radical (unpaired) electrons. The first-order valence-corrected chi connectivity index (χ1v) is 7.69. The van der Waals surface area contributed by atoms with Crippen molar-refractivity contribution >= 4 is 15.8 Å². The predicted octanol–water partition coefficient (Wildman–Crippen LogP) is 2.76. The molecule has 0 spiro atoms. The van der Waals surface area contributed by atoms with Gasteiger partial charge in [-0.1, -0.05) is 26.0 Å². The van der Waals surface area contributed by atoms with Crippen LogP contribution in [0.5, 0.6) is 0 Å². The first-order valence-electron chi connectivity index (χ1n) is 6.04. The van der Waals surface area contributed by atoms with E-state index in [1.54, 1.807) is 6.08 Å². The molecule has 19 heavy (non-hydrogen) atoms. The summed E-state index contributed by atoms with van der Waals surface area (Å²) in [5.41, 5.74) is 0.0781. The van der Waals surface area contributed by atoms with Gasteiger partial charge in [0.1, 0.15) is 0 Å². The van der Waals surface area contributed by atoms with Crippen LogP contribution in [0.15, 0.2) is 41.3 Å². The number of rotatable bonds is 6. The summed E-state index contributed by atoms with van der Waals surface area (Å²) >= 11 is 0. The molecule has 5 heteroatoms. The van der Waals surface area contributed by atoms with E-state index in [-0.39, 0.29) is 16.2 Å². The fraction of sp³-hybridized carbons (Fsp3) is 0.357. The molecule has 0 heterocycles. The maximum Gasteiger partial charge on any atom is 0.335 e. The van der Waals surface area contributed by atoms with Gasteiger partial charge >= 0.3 is 5.97 Å². The molecule has 0 amide bonds. The van der Waals surface area contributed by atoms with Crippen LogP contribution in [0.4, 0.5) is 0 Å². The van der Waals surface area contributed by atoms with Crippen molar-refractivity contribution < 1.29 is 18.3 Å². The third kappa shape index (κ3) is 4.87. The van der Waals surface area contributed by atoms with Crippen LogP contribution >= 0.6 is 0 Å². The van der Waals surface area contributed by atoms with Crippen LogP contribution in [0.3, 0.4) is 0 Å². The Kier molecular flexibility index (Phi) is 5.30. The Morgan fingerprint density at radius 1 is 1.21 bits per heavy atom. The minimum absolute atomic E-state index is 0.0634. The summed E-state index contributed by atoms with van der Waals surface area (Å²) < 4.78 is 23.9. The lowest BCUT2D eigenvalue weighted by Gasteiger charge is -2.02. The first-order chi connectivity index (χ1) is 8.83. The monoisotopic (exact) mass is 282 g/mol. The molecule has 0 unspecified atom stereocenters.